The minimum Gasteiger partial charge on any atom is -0.392 e. The number of aliphatic hydroxyl groups excluding tert-OH is 1. The third-order valence-electron chi connectivity index (χ3n) is 6.06. The molecule has 0 aromatic heterocycles. The lowest BCUT2D eigenvalue weighted by Gasteiger charge is -2.29. The molecule has 0 bridgehead atoms. The van der Waals surface area contributed by atoms with Gasteiger partial charge in [0.1, 0.15) is 6.04 Å². The standard InChI is InChI=1S/C20H26N4O4/c21-14-6-11(7-16(14)25)8-22-9-12-2-1-3-13-10-24(20(28)18(12)13)15-4-5-17(26)23-19(15)27/h1-3,11,14-16,22,25H,4-10,21H2,(H,23,26,27)/t11-,14+,15?,16+/m0/s1. The van der Waals surface area contributed by atoms with Crippen LogP contribution in [0.2, 0.25) is 0 Å². The summed E-state index contributed by atoms with van der Waals surface area (Å²) in [5.74, 6) is -0.502. The number of fused-ring (bicyclic) bond motifs is 1. The van der Waals surface area contributed by atoms with Gasteiger partial charge in [0.05, 0.1) is 6.10 Å². The van der Waals surface area contributed by atoms with Crippen molar-refractivity contribution in [2.75, 3.05) is 6.54 Å². The predicted molar refractivity (Wildman–Crippen MR) is 101 cm³/mol. The van der Waals surface area contributed by atoms with E-state index in [0.29, 0.717) is 37.4 Å². The van der Waals surface area contributed by atoms with E-state index in [4.69, 9.17) is 5.73 Å². The molecule has 3 aliphatic rings. The van der Waals surface area contributed by atoms with Crippen molar-refractivity contribution >= 4 is 17.7 Å². The largest absolute Gasteiger partial charge is 0.392 e. The van der Waals surface area contributed by atoms with Gasteiger partial charge in [-0.15, -0.1) is 0 Å². The number of hydrogen-bond acceptors (Lipinski definition) is 6. The molecule has 0 radical (unpaired) electrons. The number of imide groups is 1. The highest BCUT2D eigenvalue weighted by Gasteiger charge is 2.40. The number of aliphatic hydroxyl groups is 1. The van der Waals surface area contributed by atoms with E-state index >= 15 is 0 Å². The summed E-state index contributed by atoms with van der Waals surface area (Å²) in [7, 11) is 0. The van der Waals surface area contributed by atoms with Crippen molar-refractivity contribution in [3.05, 3.63) is 34.9 Å². The van der Waals surface area contributed by atoms with Crippen LogP contribution in [0.3, 0.4) is 0 Å². The van der Waals surface area contributed by atoms with Crippen molar-refractivity contribution < 1.29 is 19.5 Å². The monoisotopic (exact) mass is 386 g/mol. The number of piperidine rings is 1. The highest BCUT2D eigenvalue weighted by molar-refractivity contribution is 6.05. The van der Waals surface area contributed by atoms with Crippen molar-refractivity contribution in [2.45, 2.75) is 57.0 Å². The Hall–Kier alpha value is -2.29. The summed E-state index contributed by atoms with van der Waals surface area (Å²) < 4.78 is 0. The van der Waals surface area contributed by atoms with Gasteiger partial charge in [-0.25, -0.2) is 0 Å². The lowest BCUT2D eigenvalue weighted by molar-refractivity contribution is -0.136. The van der Waals surface area contributed by atoms with Crippen LogP contribution in [-0.4, -0.2) is 52.5 Å². The van der Waals surface area contributed by atoms with E-state index in [2.05, 4.69) is 10.6 Å². The second-order valence-electron chi connectivity index (χ2n) is 8.05. The third kappa shape index (κ3) is 3.55. The Morgan fingerprint density at radius 2 is 2.07 bits per heavy atom. The second-order valence-corrected chi connectivity index (χ2v) is 8.05. The van der Waals surface area contributed by atoms with Crippen LogP contribution in [0.5, 0.6) is 0 Å². The number of nitrogens with one attached hydrogen (secondary N) is 2. The first-order valence-electron chi connectivity index (χ1n) is 9.84. The summed E-state index contributed by atoms with van der Waals surface area (Å²) in [5, 5.41) is 15.5. The number of carbonyl (C=O) groups is 3. The van der Waals surface area contributed by atoms with E-state index in [9.17, 15) is 19.5 Å². The second kappa shape index (κ2) is 7.62. The summed E-state index contributed by atoms with van der Waals surface area (Å²) in [6.45, 7) is 1.66. The molecule has 4 rings (SSSR count). The van der Waals surface area contributed by atoms with E-state index in [1.165, 1.54) is 0 Å². The minimum atomic E-state index is -0.597. The quantitative estimate of drug-likeness (QED) is 0.512. The van der Waals surface area contributed by atoms with Gasteiger partial charge in [-0.2, -0.15) is 0 Å². The molecular formula is C20H26N4O4. The van der Waals surface area contributed by atoms with E-state index < -0.39 is 18.1 Å². The molecule has 1 saturated carbocycles. The zero-order valence-corrected chi connectivity index (χ0v) is 15.7. The third-order valence-corrected chi connectivity index (χ3v) is 6.06. The van der Waals surface area contributed by atoms with Gasteiger partial charge >= 0.3 is 0 Å². The van der Waals surface area contributed by atoms with E-state index in [-0.39, 0.29) is 24.3 Å². The van der Waals surface area contributed by atoms with E-state index in [1.807, 2.05) is 18.2 Å². The van der Waals surface area contributed by atoms with Crippen molar-refractivity contribution in [1.82, 2.24) is 15.5 Å². The van der Waals surface area contributed by atoms with Crippen molar-refractivity contribution in [3.63, 3.8) is 0 Å². The molecule has 1 aliphatic carbocycles. The molecule has 1 aromatic rings. The first kappa shape index (κ1) is 19.0. The first-order valence-corrected chi connectivity index (χ1v) is 9.84. The number of benzene rings is 1. The zero-order chi connectivity index (χ0) is 19.8. The Morgan fingerprint density at radius 1 is 1.25 bits per heavy atom. The molecule has 2 heterocycles. The molecule has 150 valence electrons. The molecule has 2 aliphatic heterocycles. The Labute approximate surface area is 163 Å². The molecule has 4 atom stereocenters. The highest BCUT2D eigenvalue weighted by Crippen LogP contribution is 2.30. The van der Waals surface area contributed by atoms with Crippen LogP contribution in [0.15, 0.2) is 18.2 Å². The number of carbonyl (C=O) groups excluding carboxylic acids is 3. The van der Waals surface area contributed by atoms with Gasteiger partial charge in [0.2, 0.25) is 11.8 Å². The Balaban J connectivity index is 1.42. The topological polar surface area (TPSA) is 125 Å². The Bertz CT molecular complexity index is 801. The normalized spacial score (nSPS) is 29.9. The molecule has 1 unspecified atom stereocenters. The molecule has 2 fully saturated rings. The average molecular weight is 386 g/mol. The van der Waals surface area contributed by atoms with Gasteiger partial charge in [-0.3, -0.25) is 19.7 Å². The van der Waals surface area contributed by atoms with Gasteiger partial charge in [0.15, 0.2) is 0 Å². The molecule has 1 aromatic carbocycles. The van der Waals surface area contributed by atoms with Crippen LogP contribution in [0.25, 0.3) is 0 Å². The molecule has 28 heavy (non-hydrogen) atoms. The van der Waals surface area contributed by atoms with Gasteiger partial charge in [-0.05, 0) is 42.9 Å². The molecule has 3 amide bonds. The van der Waals surface area contributed by atoms with Gasteiger partial charge < -0.3 is 21.1 Å². The highest BCUT2D eigenvalue weighted by atomic mass is 16.3. The van der Waals surface area contributed by atoms with Gasteiger partial charge in [-0.1, -0.05) is 18.2 Å². The Kier molecular flexibility index (Phi) is 5.18. The SMILES string of the molecule is N[C@@H]1C[C@H](CNCc2cccc3c2C(=O)N(C2CCC(=O)NC2=O)C3)C[C@H]1O. The van der Waals surface area contributed by atoms with Crippen LogP contribution in [0.1, 0.15) is 47.2 Å². The average Bonchev–Trinajstić information content (AvgIpc) is 3.15. The number of amides is 3. The lowest BCUT2D eigenvalue weighted by atomic mass is 10.0. The molecule has 8 nitrogen and oxygen atoms in total. The number of nitrogens with two attached hydrogens (primary N) is 1. The first-order chi connectivity index (χ1) is 13.4. The zero-order valence-electron chi connectivity index (χ0n) is 15.7. The maximum Gasteiger partial charge on any atom is 0.255 e. The maximum absolute atomic E-state index is 13.0. The fourth-order valence-electron chi connectivity index (χ4n) is 4.57. The van der Waals surface area contributed by atoms with E-state index in [1.54, 1.807) is 4.90 Å². The van der Waals surface area contributed by atoms with Crippen LogP contribution < -0.4 is 16.4 Å². The summed E-state index contributed by atoms with van der Waals surface area (Å²) in [5.41, 5.74) is 8.34. The molecule has 1 saturated heterocycles. The molecular weight excluding hydrogens is 360 g/mol. The lowest BCUT2D eigenvalue weighted by Crippen LogP contribution is -2.52. The van der Waals surface area contributed by atoms with Crippen molar-refractivity contribution in [1.29, 1.82) is 0 Å². The number of rotatable bonds is 5. The van der Waals surface area contributed by atoms with Crippen LogP contribution >= 0.6 is 0 Å². The smallest absolute Gasteiger partial charge is 0.255 e. The molecule has 5 N–H and O–H groups in total. The van der Waals surface area contributed by atoms with Gasteiger partial charge in [0.25, 0.3) is 5.91 Å². The van der Waals surface area contributed by atoms with Crippen molar-refractivity contribution in [2.24, 2.45) is 11.7 Å². The van der Waals surface area contributed by atoms with Crippen LogP contribution in [0.4, 0.5) is 0 Å². The minimum absolute atomic E-state index is 0.153. The summed E-state index contributed by atoms with van der Waals surface area (Å²) in [6.07, 6.45) is 1.67. The van der Waals surface area contributed by atoms with Crippen LogP contribution in [-0.2, 0) is 22.7 Å². The summed E-state index contributed by atoms with van der Waals surface area (Å²) in [6, 6.07) is 5.00. The van der Waals surface area contributed by atoms with E-state index in [0.717, 1.165) is 24.1 Å². The van der Waals surface area contributed by atoms with Crippen molar-refractivity contribution in [3.8, 4) is 0 Å². The maximum atomic E-state index is 13.0. The van der Waals surface area contributed by atoms with Crippen LogP contribution in [0, 0.1) is 5.92 Å². The Morgan fingerprint density at radius 3 is 2.79 bits per heavy atom. The summed E-state index contributed by atoms with van der Waals surface area (Å²) >= 11 is 0. The van der Waals surface area contributed by atoms with Gasteiger partial charge in [0, 0.05) is 31.1 Å². The fraction of sp³-hybridized carbons (Fsp3) is 0.550. The number of hydrogen-bond donors (Lipinski definition) is 4. The predicted octanol–water partition coefficient (Wildman–Crippen LogP) is -0.365. The molecule has 0 spiro atoms. The summed E-state index contributed by atoms with van der Waals surface area (Å²) in [4.78, 5) is 38.2. The molecule has 8 heteroatoms. The number of nitrogens with zero attached hydrogens (tertiary/aromatic N) is 1. The fourth-order valence-corrected chi connectivity index (χ4v) is 4.57.